The summed E-state index contributed by atoms with van der Waals surface area (Å²) >= 11 is 0. The third-order valence-electron chi connectivity index (χ3n) is 4.52. The van der Waals surface area contributed by atoms with E-state index >= 15 is 0 Å². The Hall–Kier alpha value is -2.43. The molecule has 2 aromatic heterocycles. The van der Waals surface area contributed by atoms with Crippen LogP contribution in [0.3, 0.4) is 0 Å². The van der Waals surface area contributed by atoms with Crippen LogP contribution in [0.5, 0.6) is 0 Å². The maximum Gasteiger partial charge on any atom is 0.224 e. The predicted molar refractivity (Wildman–Crippen MR) is 91.9 cm³/mol. The van der Waals surface area contributed by atoms with Crippen molar-refractivity contribution in [3.63, 3.8) is 0 Å². The Balaban J connectivity index is 1.64. The molecule has 23 heavy (non-hydrogen) atoms. The highest BCUT2D eigenvalue weighted by Crippen LogP contribution is 2.22. The second kappa shape index (κ2) is 5.99. The van der Waals surface area contributed by atoms with Crippen LogP contribution in [0.25, 0.3) is 16.7 Å². The first-order valence-electron chi connectivity index (χ1n) is 8.34. The number of nitrogens with one attached hydrogen (secondary N) is 1. The molecule has 2 heterocycles. The summed E-state index contributed by atoms with van der Waals surface area (Å²) in [7, 11) is 0. The topological polar surface area (TPSA) is 55.6 Å². The van der Waals surface area contributed by atoms with Crippen molar-refractivity contribution in [1.29, 1.82) is 0 Å². The minimum atomic E-state index is 0.496. The van der Waals surface area contributed by atoms with Gasteiger partial charge < -0.3 is 5.32 Å². The van der Waals surface area contributed by atoms with Gasteiger partial charge in [0.1, 0.15) is 0 Å². The van der Waals surface area contributed by atoms with E-state index in [1.165, 1.54) is 37.7 Å². The molecule has 118 valence electrons. The zero-order valence-corrected chi connectivity index (χ0v) is 13.4. The van der Waals surface area contributed by atoms with Crippen molar-refractivity contribution in [1.82, 2.24) is 19.7 Å². The number of anilines is 1. The van der Waals surface area contributed by atoms with Gasteiger partial charge in [-0.15, -0.1) is 0 Å². The van der Waals surface area contributed by atoms with Crippen molar-refractivity contribution in [2.75, 3.05) is 5.32 Å². The van der Waals surface area contributed by atoms with Crippen molar-refractivity contribution >= 4 is 16.9 Å². The van der Waals surface area contributed by atoms with Gasteiger partial charge in [0.25, 0.3) is 0 Å². The lowest BCUT2D eigenvalue weighted by Crippen LogP contribution is -2.23. The molecule has 5 heteroatoms. The van der Waals surface area contributed by atoms with Crippen LogP contribution in [0.2, 0.25) is 0 Å². The molecular formula is C18H21N5. The molecular weight excluding hydrogens is 286 g/mol. The highest BCUT2D eigenvalue weighted by atomic mass is 15.3. The van der Waals surface area contributed by atoms with E-state index in [0.29, 0.717) is 12.0 Å². The van der Waals surface area contributed by atoms with Gasteiger partial charge in [0, 0.05) is 23.7 Å². The molecule has 0 bridgehead atoms. The second-order valence-corrected chi connectivity index (χ2v) is 6.34. The first kappa shape index (κ1) is 14.2. The molecule has 0 atom stereocenters. The summed E-state index contributed by atoms with van der Waals surface area (Å²) in [6.45, 7) is 2.09. The van der Waals surface area contributed by atoms with Crippen molar-refractivity contribution in [2.45, 2.75) is 45.1 Å². The fourth-order valence-corrected chi connectivity index (χ4v) is 3.30. The molecule has 1 aromatic carbocycles. The number of benzene rings is 1. The molecule has 1 saturated carbocycles. The maximum atomic E-state index is 4.66. The fourth-order valence-electron chi connectivity index (χ4n) is 3.30. The Morgan fingerprint density at radius 2 is 2.00 bits per heavy atom. The predicted octanol–water partition coefficient (Wildman–Crippen LogP) is 3.87. The number of hydrogen-bond donors (Lipinski definition) is 1. The summed E-state index contributed by atoms with van der Waals surface area (Å²) in [5, 5.41) is 9.10. The van der Waals surface area contributed by atoms with E-state index in [4.69, 9.17) is 0 Å². The molecule has 3 aromatic rings. The van der Waals surface area contributed by atoms with Gasteiger partial charge in [-0.3, -0.25) is 0 Å². The molecule has 1 aliphatic carbocycles. The van der Waals surface area contributed by atoms with Crippen LogP contribution in [0.1, 0.15) is 37.7 Å². The summed E-state index contributed by atoms with van der Waals surface area (Å²) in [5.41, 5.74) is 2.30. The summed E-state index contributed by atoms with van der Waals surface area (Å²) < 4.78 is 1.88. The van der Waals surface area contributed by atoms with E-state index in [9.17, 15) is 0 Å². The Kier molecular flexibility index (Phi) is 3.69. The number of aromatic nitrogens is 4. The fraction of sp³-hybridized carbons (Fsp3) is 0.389. The second-order valence-electron chi connectivity index (χ2n) is 6.34. The number of fused-ring (bicyclic) bond motifs is 1. The van der Waals surface area contributed by atoms with E-state index in [0.717, 1.165) is 16.7 Å². The first-order valence-corrected chi connectivity index (χ1v) is 8.34. The molecule has 1 N–H and O–H groups in total. The van der Waals surface area contributed by atoms with Gasteiger partial charge in [-0.05, 0) is 31.9 Å². The third-order valence-corrected chi connectivity index (χ3v) is 4.52. The Morgan fingerprint density at radius 1 is 1.13 bits per heavy atom. The Bertz CT molecular complexity index is 817. The van der Waals surface area contributed by atoms with E-state index in [-0.39, 0.29) is 0 Å². The zero-order chi connectivity index (χ0) is 15.6. The molecule has 1 aliphatic rings. The lowest BCUT2D eigenvalue weighted by atomic mass is 9.96. The molecule has 1 fully saturated rings. The number of nitrogens with zero attached hydrogens (tertiary/aromatic N) is 4. The van der Waals surface area contributed by atoms with Crippen LogP contribution < -0.4 is 5.32 Å². The van der Waals surface area contributed by atoms with E-state index in [1.54, 1.807) is 6.20 Å². The summed E-state index contributed by atoms with van der Waals surface area (Å²) in [5.74, 6) is 1.50. The molecule has 4 rings (SSSR count). The lowest BCUT2D eigenvalue weighted by molar-refractivity contribution is 0.461. The minimum Gasteiger partial charge on any atom is -0.351 e. The van der Waals surface area contributed by atoms with Gasteiger partial charge >= 0.3 is 0 Å². The van der Waals surface area contributed by atoms with Crippen molar-refractivity contribution in [3.8, 4) is 5.82 Å². The van der Waals surface area contributed by atoms with Crippen LogP contribution in [-0.2, 0) is 0 Å². The largest absolute Gasteiger partial charge is 0.351 e. The van der Waals surface area contributed by atoms with E-state index < -0.39 is 0 Å². The van der Waals surface area contributed by atoms with Crippen LogP contribution in [-0.4, -0.2) is 25.8 Å². The number of rotatable bonds is 3. The summed E-state index contributed by atoms with van der Waals surface area (Å²) in [4.78, 5) is 9.03. The molecule has 0 amide bonds. The molecule has 0 aliphatic heterocycles. The highest BCUT2D eigenvalue weighted by molar-refractivity contribution is 5.80. The molecule has 0 spiro atoms. The molecule has 0 unspecified atom stereocenters. The third kappa shape index (κ3) is 2.91. The van der Waals surface area contributed by atoms with Crippen LogP contribution in [0.4, 0.5) is 5.95 Å². The highest BCUT2D eigenvalue weighted by Gasteiger charge is 2.14. The van der Waals surface area contributed by atoms with Crippen LogP contribution >= 0.6 is 0 Å². The number of hydrogen-bond acceptors (Lipinski definition) is 4. The van der Waals surface area contributed by atoms with Crippen LogP contribution in [0, 0.1) is 6.92 Å². The first-order chi connectivity index (χ1) is 11.3. The smallest absolute Gasteiger partial charge is 0.224 e. The average Bonchev–Trinajstić information content (AvgIpc) is 2.99. The van der Waals surface area contributed by atoms with E-state index in [1.807, 2.05) is 16.9 Å². The van der Waals surface area contributed by atoms with Gasteiger partial charge in [-0.2, -0.15) is 10.1 Å². The van der Waals surface area contributed by atoms with Gasteiger partial charge in [-0.25, -0.2) is 9.67 Å². The van der Waals surface area contributed by atoms with Gasteiger partial charge in [0.05, 0.1) is 11.7 Å². The molecule has 0 radical (unpaired) electrons. The number of aryl methyl sites for hydroxylation is 1. The van der Waals surface area contributed by atoms with Crippen molar-refractivity contribution < 1.29 is 0 Å². The van der Waals surface area contributed by atoms with E-state index in [2.05, 4.69) is 45.5 Å². The summed E-state index contributed by atoms with van der Waals surface area (Å²) in [6.07, 6.45) is 10.0. The Morgan fingerprint density at radius 3 is 2.87 bits per heavy atom. The normalized spacial score (nSPS) is 15.9. The SMILES string of the molecule is Cc1ccc2c(cnn2-c2ccnc(NC3CCCCC3)n2)c1. The quantitative estimate of drug-likeness (QED) is 0.798. The average molecular weight is 307 g/mol. The van der Waals surface area contributed by atoms with Crippen molar-refractivity contribution in [3.05, 3.63) is 42.2 Å². The molecule has 5 nitrogen and oxygen atoms in total. The van der Waals surface area contributed by atoms with Crippen LogP contribution in [0.15, 0.2) is 36.7 Å². The molecule has 0 saturated heterocycles. The maximum absolute atomic E-state index is 4.66. The lowest BCUT2D eigenvalue weighted by Gasteiger charge is -2.22. The Labute approximate surface area is 135 Å². The standard InChI is InChI=1S/C18H21N5/c1-13-7-8-16-14(11-13)12-20-23(16)17-9-10-19-18(22-17)21-15-5-3-2-4-6-15/h7-12,15H,2-6H2,1H3,(H,19,21,22). The van der Waals surface area contributed by atoms with Gasteiger partial charge in [0.15, 0.2) is 5.82 Å². The van der Waals surface area contributed by atoms with Gasteiger partial charge in [0.2, 0.25) is 5.95 Å². The zero-order valence-electron chi connectivity index (χ0n) is 13.4. The van der Waals surface area contributed by atoms with Gasteiger partial charge in [-0.1, -0.05) is 30.9 Å². The monoisotopic (exact) mass is 307 g/mol. The summed E-state index contributed by atoms with van der Waals surface area (Å²) in [6, 6.07) is 8.73. The minimum absolute atomic E-state index is 0.496. The van der Waals surface area contributed by atoms with Crippen molar-refractivity contribution in [2.24, 2.45) is 0 Å².